The third-order valence-corrected chi connectivity index (χ3v) is 34.2. The summed E-state index contributed by atoms with van der Waals surface area (Å²) in [7, 11) is 0. The maximum atomic E-state index is 12.9. The molecule has 5 fully saturated rings. The zero-order valence-corrected chi connectivity index (χ0v) is 87.8. The van der Waals surface area contributed by atoms with Crippen LogP contribution in [-0.2, 0) is 52.9 Å². The second kappa shape index (κ2) is 40.9. The van der Waals surface area contributed by atoms with Gasteiger partial charge in [0.05, 0.1) is 23.5 Å². The van der Waals surface area contributed by atoms with Gasteiger partial charge in [0.15, 0.2) is 11.6 Å². The molecular weight excluding hydrogens is 1710 g/mol. The molecule has 7 aromatic rings. The number of furan rings is 1. The predicted octanol–water partition coefficient (Wildman–Crippen LogP) is 29.6. The van der Waals surface area contributed by atoms with E-state index in [2.05, 4.69) is 154 Å². The van der Waals surface area contributed by atoms with E-state index >= 15 is 0 Å². The van der Waals surface area contributed by atoms with Crippen molar-refractivity contribution >= 4 is 39.9 Å². The minimum atomic E-state index is -0.686. The van der Waals surface area contributed by atoms with Crippen LogP contribution < -0.4 is 33.2 Å². The largest absolute Gasteiger partial charge is 0.508 e. The number of rotatable bonds is 29. The molecule has 1 aromatic heterocycles. The fraction of sp³-hybridized carbons (Fsp3) is 0.642. The highest BCUT2D eigenvalue weighted by Crippen LogP contribution is 2.76. The molecule has 17 nitrogen and oxygen atoms in total. The first-order chi connectivity index (χ1) is 64.6. The van der Waals surface area contributed by atoms with Gasteiger partial charge >= 0.3 is 0 Å². The molecule has 17 heteroatoms. The van der Waals surface area contributed by atoms with E-state index in [0.717, 1.165) is 177 Å². The van der Waals surface area contributed by atoms with Gasteiger partial charge in [-0.3, -0.25) is 9.59 Å². The van der Waals surface area contributed by atoms with Crippen molar-refractivity contribution in [3.05, 3.63) is 146 Å². The normalized spacial score (nSPS) is 27.1. The van der Waals surface area contributed by atoms with Gasteiger partial charge < -0.3 is 72.4 Å². The second-order valence-electron chi connectivity index (χ2n) is 47.2. The monoisotopic (exact) mass is 1880 g/mol. The number of hydrogen-bond donors (Lipinski definition) is 4. The van der Waals surface area contributed by atoms with E-state index in [4.69, 9.17) is 37.6 Å². The lowest BCUT2D eigenvalue weighted by Gasteiger charge is -2.62. The van der Waals surface area contributed by atoms with Crippen LogP contribution in [-0.4, -0.2) is 88.5 Å². The van der Waals surface area contributed by atoms with Gasteiger partial charge in [-0.1, -0.05) is 133 Å². The third kappa shape index (κ3) is 21.1. The number of ether oxygens (including phenoxy) is 7. The lowest BCUT2D eigenvalue weighted by molar-refractivity contribution is -0.121. The average Bonchev–Trinajstić information content (AvgIpc) is 1.54. The number of Topliss-reactive ketones (excluding diaryl/α,β-unsaturated/α-hetero) is 5. The number of aryl methyl sites for hydroxylation is 6. The fourth-order valence-corrected chi connectivity index (χ4v) is 27.0. The SMILES string of the molecule is CCCCCc1cc(O)c2c(c1)OC(C)(C)C(CCC(C)=O)C2=O.CCCCCc1cc(O)c2c(c1)O[C@]1(C)CC[C@H]3[C@@H]1[C@@H]2C3(C)C.CCCCCc1cc2c3c(c1)OC(C)(C)C1CCC(C)(CC31)O2.CCCCCc1cc2c3c(coc3c1)C(CCC(C)=O)C(C)(C)O2.CCCc1cc(O)c2c(c1)OC(C)(C)C(CCC(C)=O)C2=O.CCCc1cc(O)c2c(c1)O[C@]1(C)CC[C@H]3[C@@H]1[C@@H]2C3(C)C. The Hall–Kier alpha value is -8.99. The summed E-state index contributed by atoms with van der Waals surface area (Å²) >= 11 is 0. The van der Waals surface area contributed by atoms with Gasteiger partial charge in [0.25, 0.3) is 0 Å². The average molecular weight is 1880 g/mol. The molecule has 6 unspecified atom stereocenters. The Labute approximate surface area is 819 Å². The molecule has 137 heavy (non-hydrogen) atoms. The number of phenolic OH excluding ortho intramolecular Hbond substituents is 4. The van der Waals surface area contributed by atoms with Crippen molar-refractivity contribution in [3.8, 4) is 63.2 Å². The maximum absolute atomic E-state index is 12.9. The van der Waals surface area contributed by atoms with E-state index < -0.39 is 23.0 Å². The zero-order chi connectivity index (χ0) is 99.4. The van der Waals surface area contributed by atoms with Crippen molar-refractivity contribution in [3.63, 3.8) is 0 Å². The molecule has 0 radical (unpaired) electrons. The molecule has 12 aliphatic rings. The maximum Gasteiger partial charge on any atom is 0.177 e. The molecule has 5 aliphatic carbocycles. The molecule has 4 N–H and O–H groups in total. The number of carbonyl (C=O) groups excluding carboxylic acids is 5. The zero-order valence-electron chi connectivity index (χ0n) is 87.8. The van der Waals surface area contributed by atoms with Crippen LogP contribution in [0.2, 0.25) is 0 Å². The topological polar surface area (TPSA) is 244 Å². The highest BCUT2D eigenvalue weighted by atomic mass is 16.5. The van der Waals surface area contributed by atoms with E-state index in [1.54, 1.807) is 19.1 Å². The van der Waals surface area contributed by atoms with E-state index in [0.29, 0.717) is 90.6 Å². The van der Waals surface area contributed by atoms with Crippen molar-refractivity contribution in [1.82, 2.24) is 0 Å². The van der Waals surface area contributed by atoms with Gasteiger partial charge in [-0.2, -0.15) is 0 Å². The summed E-state index contributed by atoms with van der Waals surface area (Å²) < 4.78 is 50.3. The number of unbranched alkanes of at least 4 members (excludes halogenated alkanes) is 8. The molecule has 2 bridgehead atoms. The van der Waals surface area contributed by atoms with Gasteiger partial charge in [-0.25, -0.2) is 0 Å². The molecule has 0 amide bonds. The highest BCUT2D eigenvalue weighted by molar-refractivity contribution is 6.05. The van der Waals surface area contributed by atoms with Gasteiger partial charge in [0, 0.05) is 82.9 Å². The predicted molar refractivity (Wildman–Crippen MR) is 546 cm³/mol. The van der Waals surface area contributed by atoms with Crippen LogP contribution >= 0.6 is 0 Å². The minimum Gasteiger partial charge on any atom is -0.508 e. The Morgan fingerprint density at radius 1 is 0.350 bits per heavy atom. The van der Waals surface area contributed by atoms with E-state index in [1.807, 2.05) is 58.2 Å². The van der Waals surface area contributed by atoms with Crippen LogP contribution in [0, 0.1) is 52.3 Å². The Balaban J connectivity index is 0.000000131. The highest BCUT2D eigenvalue weighted by Gasteiger charge is 2.71. The molecule has 0 spiro atoms. The second-order valence-corrected chi connectivity index (χ2v) is 47.2. The Kier molecular flexibility index (Phi) is 31.0. The summed E-state index contributed by atoms with van der Waals surface area (Å²) in [5.74, 6) is 11.1. The lowest BCUT2D eigenvalue weighted by Crippen LogP contribution is -2.59. The van der Waals surface area contributed by atoms with E-state index in [-0.39, 0.29) is 96.3 Å². The number of ketones is 5. The van der Waals surface area contributed by atoms with Crippen LogP contribution in [0.25, 0.3) is 11.0 Å². The summed E-state index contributed by atoms with van der Waals surface area (Å²) in [5, 5.41) is 43.1. The summed E-state index contributed by atoms with van der Waals surface area (Å²) in [6, 6.07) is 24.4. The van der Waals surface area contributed by atoms with Gasteiger partial charge in [0.1, 0.15) is 137 Å². The quantitative estimate of drug-likeness (QED) is 0.0318. The first-order valence-corrected chi connectivity index (χ1v) is 53.2. The molecule has 6 aromatic carbocycles. The molecule has 748 valence electrons. The van der Waals surface area contributed by atoms with Gasteiger partial charge in [-0.05, 0) is 354 Å². The smallest absolute Gasteiger partial charge is 0.177 e. The molecule has 8 heterocycles. The van der Waals surface area contributed by atoms with E-state index in [1.165, 1.54) is 124 Å². The fourth-order valence-electron chi connectivity index (χ4n) is 27.0. The number of hydrogen-bond acceptors (Lipinski definition) is 17. The van der Waals surface area contributed by atoms with Gasteiger partial charge in [-0.15, -0.1) is 0 Å². The third-order valence-electron chi connectivity index (χ3n) is 34.2. The molecule has 5 saturated carbocycles. The van der Waals surface area contributed by atoms with Crippen LogP contribution in [0.1, 0.15) is 440 Å². The Morgan fingerprint density at radius 2 is 0.686 bits per heavy atom. The number of phenols is 4. The van der Waals surface area contributed by atoms with Crippen LogP contribution in [0.15, 0.2) is 83.5 Å². The lowest BCUT2D eigenvalue weighted by atomic mass is 9.45. The summed E-state index contributed by atoms with van der Waals surface area (Å²) in [5.41, 5.74) is 12.0. The first-order valence-electron chi connectivity index (χ1n) is 53.2. The van der Waals surface area contributed by atoms with Crippen LogP contribution in [0.3, 0.4) is 0 Å². The number of fused-ring (bicyclic) bond motifs is 7. The molecule has 14 atom stereocenters. The Morgan fingerprint density at radius 3 is 1.09 bits per heavy atom. The van der Waals surface area contributed by atoms with Crippen LogP contribution in [0.5, 0.6) is 63.2 Å². The Bertz CT molecular complexity index is 5550. The van der Waals surface area contributed by atoms with Crippen molar-refractivity contribution in [2.24, 2.45) is 52.3 Å². The van der Waals surface area contributed by atoms with Crippen molar-refractivity contribution < 1.29 is 82.0 Å². The van der Waals surface area contributed by atoms with Gasteiger partial charge in [0.2, 0.25) is 0 Å². The summed E-state index contributed by atoms with van der Waals surface area (Å²) in [6.07, 6.45) is 35.6. The molecular formula is C120H166O17. The number of benzene rings is 6. The molecule has 19 rings (SSSR count). The summed E-state index contributed by atoms with van der Waals surface area (Å²) in [4.78, 5) is 59.6. The molecule has 0 saturated heterocycles. The van der Waals surface area contributed by atoms with Crippen molar-refractivity contribution in [2.45, 2.75) is 441 Å². The minimum absolute atomic E-state index is 0.00711. The van der Waals surface area contributed by atoms with Crippen molar-refractivity contribution in [2.75, 3.05) is 0 Å². The standard InChI is InChI=1S/C21H28O3.2C21H30O2.C20H28O4.C19H26O2.C18H24O4/c1-5-6-7-8-15-11-18-20-16(13-23-18)17(10-9-14(2)22)21(3,4)24-19(20)12-15;1-5-6-7-8-14-11-17-19-15-13-21(4,23-18(19)12-14)10-9-16(15)20(2,3)22-17;1-5-6-7-8-13-11-15(22)17-16(12-13)23-21(4)10-9-14-18(21)19(17)20(14,2)3;1-5-6-7-8-14-11-16(22)18-17(12-14)24-20(3,4)15(19(18)23)10-9-13(2)21;1-5-6-11-9-13(20)15-14(10-11)21-19(4)8-7-12-16(19)17(15)18(12,2)3;1-5-6-12-9-14(20)16-15(10-12)22-18(3,4)13(17(16)21)8-7-11(2)19/h11-13,17H,5-10H2,1-4H3;11-12,15-16H,5-10,13H2,1-4H3;11-12,14,18-19,22H,5-10H2,1-4H3;11-12,15,22H,5-10H2,1-4H3;9-10,12,16-17,20H,5-8H2,1-4H3;9-10,13,20H,5-8H2,1-4H3/t;;14-,18+,19+,21+;;12-,16+,17+,19+;/m..0.0./s1. The summed E-state index contributed by atoms with van der Waals surface area (Å²) in [6.45, 7) is 50.4. The van der Waals surface area contributed by atoms with E-state index in [9.17, 15) is 44.4 Å². The first kappa shape index (κ1) is 104. The number of carbonyl (C=O) groups is 5. The molecule has 7 aliphatic heterocycles. The van der Waals surface area contributed by atoms with Crippen LogP contribution in [0.4, 0.5) is 0 Å². The van der Waals surface area contributed by atoms with Crippen molar-refractivity contribution in [1.29, 1.82) is 0 Å². The number of aromatic hydroxyl groups is 4.